The van der Waals surface area contributed by atoms with Crippen LogP contribution in [0.15, 0.2) is 10.6 Å². The summed E-state index contributed by atoms with van der Waals surface area (Å²) in [5, 5.41) is 8.36. The summed E-state index contributed by atoms with van der Waals surface area (Å²) in [6, 6.07) is 1.77. The van der Waals surface area contributed by atoms with Crippen LogP contribution in [0.25, 0.3) is 0 Å². The average Bonchev–Trinajstić information content (AvgIpc) is 3.12. The highest BCUT2D eigenvalue weighted by Crippen LogP contribution is 2.31. The Bertz CT molecular complexity index is 718. The molecule has 0 saturated carbocycles. The minimum absolute atomic E-state index is 0.0134. The van der Waals surface area contributed by atoms with Crippen molar-refractivity contribution in [2.75, 3.05) is 6.54 Å². The maximum atomic E-state index is 13.1. The monoisotopic (exact) mass is 331 g/mol. The Morgan fingerprint density at radius 1 is 1.42 bits per heavy atom. The molecule has 7 nitrogen and oxygen atoms in total. The fourth-order valence-electron chi connectivity index (χ4n) is 3.27. The minimum Gasteiger partial charge on any atom is -0.337 e. The number of aryl methyl sites for hydroxylation is 2. The zero-order chi connectivity index (χ0) is 17.3. The molecule has 0 aromatic carbocycles. The molecule has 1 aliphatic rings. The lowest BCUT2D eigenvalue weighted by Gasteiger charge is -2.33. The number of aromatic nitrogens is 4. The van der Waals surface area contributed by atoms with Gasteiger partial charge in [0, 0.05) is 13.6 Å². The summed E-state index contributed by atoms with van der Waals surface area (Å²) in [5.74, 6) is 1.63. The average molecular weight is 331 g/mol. The van der Waals surface area contributed by atoms with Gasteiger partial charge in [-0.3, -0.25) is 9.48 Å². The van der Waals surface area contributed by atoms with E-state index < -0.39 is 0 Å². The molecule has 0 N–H and O–H groups in total. The van der Waals surface area contributed by atoms with E-state index in [4.69, 9.17) is 4.52 Å². The molecule has 130 valence electrons. The van der Waals surface area contributed by atoms with Crippen LogP contribution >= 0.6 is 0 Å². The van der Waals surface area contributed by atoms with Gasteiger partial charge in [-0.15, -0.1) is 0 Å². The summed E-state index contributed by atoms with van der Waals surface area (Å²) < 4.78 is 7.02. The molecule has 0 bridgehead atoms. The van der Waals surface area contributed by atoms with Crippen LogP contribution in [0.5, 0.6) is 0 Å². The predicted octanol–water partition coefficient (Wildman–Crippen LogP) is 2.68. The molecule has 1 amide bonds. The second-order valence-corrected chi connectivity index (χ2v) is 6.93. The highest BCUT2D eigenvalue weighted by atomic mass is 16.5. The van der Waals surface area contributed by atoms with Crippen LogP contribution < -0.4 is 0 Å². The Hall–Kier alpha value is -2.18. The van der Waals surface area contributed by atoms with Crippen molar-refractivity contribution in [1.82, 2.24) is 24.8 Å². The minimum atomic E-state index is -0.143. The van der Waals surface area contributed by atoms with Crippen molar-refractivity contribution in [2.45, 2.75) is 52.5 Å². The van der Waals surface area contributed by atoms with Crippen LogP contribution in [0.3, 0.4) is 0 Å². The van der Waals surface area contributed by atoms with Crippen molar-refractivity contribution >= 4 is 5.91 Å². The fraction of sp³-hybridized carbons (Fsp3) is 0.647. The van der Waals surface area contributed by atoms with Gasteiger partial charge in [-0.1, -0.05) is 19.0 Å². The summed E-state index contributed by atoms with van der Waals surface area (Å²) in [6.07, 6.45) is 3.77. The highest BCUT2D eigenvalue weighted by molar-refractivity contribution is 5.93. The van der Waals surface area contributed by atoms with E-state index in [1.807, 2.05) is 18.0 Å². The summed E-state index contributed by atoms with van der Waals surface area (Å²) >= 11 is 0. The second-order valence-electron chi connectivity index (χ2n) is 6.93. The van der Waals surface area contributed by atoms with E-state index in [1.165, 1.54) is 0 Å². The number of likely N-dealkylation sites (tertiary alicyclic amines) is 1. The molecular weight excluding hydrogens is 306 g/mol. The molecule has 0 aliphatic carbocycles. The zero-order valence-electron chi connectivity index (χ0n) is 14.8. The lowest BCUT2D eigenvalue weighted by molar-refractivity contribution is 0.0550. The highest BCUT2D eigenvalue weighted by Gasteiger charge is 2.33. The molecule has 2 aromatic heterocycles. The molecule has 24 heavy (non-hydrogen) atoms. The molecule has 0 spiro atoms. The molecule has 0 radical (unpaired) electrons. The van der Waals surface area contributed by atoms with Crippen LogP contribution in [0.4, 0.5) is 0 Å². The van der Waals surface area contributed by atoms with Crippen LogP contribution in [0, 0.1) is 12.8 Å². The lowest BCUT2D eigenvalue weighted by Crippen LogP contribution is -2.39. The van der Waals surface area contributed by atoms with Gasteiger partial charge >= 0.3 is 0 Å². The van der Waals surface area contributed by atoms with Crippen molar-refractivity contribution in [2.24, 2.45) is 13.0 Å². The number of nitrogens with zero attached hydrogens (tertiary/aromatic N) is 5. The first-order valence-electron chi connectivity index (χ1n) is 8.59. The van der Waals surface area contributed by atoms with Crippen LogP contribution in [-0.4, -0.2) is 37.3 Å². The van der Waals surface area contributed by atoms with Crippen molar-refractivity contribution in [3.05, 3.63) is 29.2 Å². The number of hydrogen-bond acceptors (Lipinski definition) is 5. The quantitative estimate of drug-likeness (QED) is 0.861. The van der Waals surface area contributed by atoms with Gasteiger partial charge in [0.25, 0.3) is 5.91 Å². The third-order valence-corrected chi connectivity index (χ3v) is 4.36. The summed E-state index contributed by atoms with van der Waals surface area (Å²) in [7, 11) is 1.83. The van der Waals surface area contributed by atoms with Gasteiger partial charge in [0.1, 0.15) is 11.7 Å². The predicted molar refractivity (Wildman–Crippen MR) is 88.4 cm³/mol. The maximum Gasteiger partial charge on any atom is 0.272 e. The van der Waals surface area contributed by atoms with E-state index in [2.05, 4.69) is 29.1 Å². The Morgan fingerprint density at radius 3 is 2.88 bits per heavy atom. The van der Waals surface area contributed by atoms with E-state index in [-0.39, 0.29) is 11.9 Å². The smallest absolute Gasteiger partial charge is 0.272 e. The maximum absolute atomic E-state index is 13.1. The fourth-order valence-corrected chi connectivity index (χ4v) is 3.27. The number of amides is 1. The van der Waals surface area contributed by atoms with E-state index in [9.17, 15) is 4.79 Å². The van der Waals surface area contributed by atoms with Crippen LogP contribution in [0.2, 0.25) is 0 Å². The molecule has 1 atom stereocenters. The lowest BCUT2D eigenvalue weighted by atomic mass is 10.0. The summed E-state index contributed by atoms with van der Waals surface area (Å²) in [6.45, 7) is 6.79. The van der Waals surface area contributed by atoms with E-state index >= 15 is 0 Å². The number of carbonyl (C=O) groups is 1. The normalized spacial score (nSPS) is 18.4. The SMILES string of the molecule is Cc1noc([C@@H]2CCCCN2C(=O)c2cc(CC(C)C)nn2C)n1. The third kappa shape index (κ3) is 3.34. The molecule has 1 aliphatic heterocycles. The van der Waals surface area contributed by atoms with Gasteiger partial charge in [-0.05, 0) is 44.6 Å². The van der Waals surface area contributed by atoms with E-state index in [0.717, 1.165) is 31.4 Å². The van der Waals surface area contributed by atoms with Crippen LogP contribution in [-0.2, 0) is 13.5 Å². The van der Waals surface area contributed by atoms with Crippen molar-refractivity contribution in [1.29, 1.82) is 0 Å². The van der Waals surface area contributed by atoms with Crippen molar-refractivity contribution in [3.8, 4) is 0 Å². The molecule has 0 unspecified atom stereocenters. The molecule has 2 aromatic rings. The van der Waals surface area contributed by atoms with Gasteiger partial charge in [-0.2, -0.15) is 10.1 Å². The Labute approximate surface area is 142 Å². The van der Waals surface area contributed by atoms with E-state index in [0.29, 0.717) is 29.9 Å². The number of hydrogen-bond donors (Lipinski definition) is 0. The van der Waals surface area contributed by atoms with Gasteiger partial charge in [0.05, 0.1) is 5.69 Å². The van der Waals surface area contributed by atoms with Gasteiger partial charge in [0.15, 0.2) is 5.82 Å². The first-order valence-corrected chi connectivity index (χ1v) is 8.59. The Balaban J connectivity index is 1.85. The first kappa shape index (κ1) is 16.7. The van der Waals surface area contributed by atoms with Crippen molar-refractivity contribution in [3.63, 3.8) is 0 Å². The standard InChI is InChI=1S/C17H25N5O2/c1-11(2)9-13-10-15(21(4)19-13)17(23)22-8-6-5-7-14(22)16-18-12(3)20-24-16/h10-11,14H,5-9H2,1-4H3/t14-/m0/s1. The van der Waals surface area contributed by atoms with Crippen molar-refractivity contribution < 1.29 is 9.32 Å². The largest absolute Gasteiger partial charge is 0.337 e. The Morgan fingerprint density at radius 2 is 2.21 bits per heavy atom. The van der Waals surface area contributed by atoms with Gasteiger partial charge in [0.2, 0.25) is 5.89 Å². The first-order chi connectivity index (χ1) is 11.5. The van der Waals surface area contributed by atoms with E-state index in [1.54, 1.807) is 11.6 Å². The van der Waals surface area contributed by atoms with Crippen LogP contribution in [0.1, 0.15) is 67.0 Å². The molecule has 3 heterocycles. The molecular formula is C17H25N5O2. The molecule has 3 rings (SSSR count). The molecule has 1 saturated heterocycles. The number of carbonyl (C=O) groups excluding carboxylic acids is 1. The zero-order valence-corrected chi connectivity index (χ0v) is 14.8. The number of rotatable bonds is 4. The van der Waals surface area contributed by atoms with Gasteiger partial charge in [-0.25, -0.2) is 0 Å². The second kappa shape index (κ2) is 6.75. The molecule has 1 fully saturated rings. The van der Waals surface area contributed by atoms with Gasteiger partial charge < -0.3 is 9.42 Å². The number of piperidine rings is 1. The Kier molecular flexibility index (Phi) is 4.69. The summed E-state index contributed by atoms with van der Waals surface area (Å²) in [4.78, 5) is 19.3. The summed E-state index contributed by atoms with van der Waals surface area (Å²) in [5.41, 5.74) is 1.58. The topological polar surface area (TPSA) is 77.0 Å². The third-order valence-electron chi connectivity index (χ3n) is 4.36. The molecule has 7 heteroatoms.